The highest BCUT2D eigenvalue weighted by Crippen LogP contribution is 2.13. The van der Waals surface area contributed by atoms with Crippen LogP contribution in [0.25, 0.3) is 17.2 Å². The van der Waals surface area contributed by atoms with Crippen LogP contribution in [-0.2, 0) is 16.1 Å². The van der Waals surface area contributed by atoms with Crippen LogP contribution >= 0.6 is 0 Å². The number of esters is 1. The fraction of sp³-hybridized carbons (Fsp3) is 0.333. The van der Waals surface area contributed by atoms with Gasteiger partial charge in [-0.05, 0) is 20.8 Å². The summed E-state index contributed by atoms with van der Waals surface area (Å²) >= 11 is 0. The van der Waals surface area contributed by atoms with Crippen LogP contribution in [0.1, 0.15) is 20.8 Å². The van der Waals surface area contributed by atoms with Crippen molar-refractivity contribution in [1.82, 2.24) is 24.8 Å². The van der Waals surface area contributed by atoms with Gasteiger partial charge in [0.1, 0.15) is 5.60 Å². The lowest BCUT2D eigenvalue weighted by Crippen LogP contribution is -2.40. The van der Waals surface area contributed by atoms with Gasteiger partial charge in [-0.3, -0.25) is 0 Å². The predicted octanol–water partition coefficient (Wildman–Crippen LogP) is 0.815. The van der Waals surface area contributed by atoms with Crippen LogP contribution in [0.2, 0.25) is 0 Å². The number of carbonyl (C=O) groups is 1. The molecule has 0 N–H and O–H groups in total. The molecule has 0 saturated carbocycles. The number of aromatic nitrogens is 6. The van der Waals surface area contributed by atoms with Gasteiger partial charge >= 0.3 is 5.97 Å². The maximum atomic E-state index is 11.8. The molecule has 3 heterocycles. The minimum Gasteiger partial charge on any atom is -0.455 e. The van der Waals surface area contributed by atoms with Gasteiger partial charge in [0.05, 0.1) is 12.4 Å². The minimum atomic E-state index is -0.488. The number of rotatable bonds is 3. The number of pyridine rings is 1. The molecule has 0 saturated heterocycles. The van der Waals surface area contributed by atoms with Gasteiger partial charge in [-0.1, -0.05) is 0 Å². The third-order valence-corrected chi connectivity index (χ3v) is 2.89. The number of hydrogen-bond acceptors (Lipinski definition) is 6. The Labute approximate surface area is 132 Å². The molecule has 23 heavy (non-hydrogen) atoms. The van der Waals surface area contributed by atoms with Gasteiger partial charge in [-0.2, -0.15) is 14.6 Å². The van der Waals surface area contributed by atoms with Crippen molar-refractivity contribution in [2.45, 2.75) is 32.9 Å². The molecule has 3 aromatic heterocycles. The zero-order chi connectivity index (χ0) is 16.4. The van der Waals surface area contributed by atoms with E-state index in [0.717, 1.165) is 5.56 Å². The van der Waals surface area contributed by atoms with Gasteiger partial charge < -0.3 is 4.74 Å². The van der Waals surface area contributed by atoms with E-state index in [-0.39, 0.29) is 12.5 Å². The third-order valence-electron chi connectivity index (χ3n) is 2.89. The van der Waals surface area contributed by atoms with Gasteiger partial charge in [0.2, 0.25) is 6.54 Å². The van der Waals surface area contributed by atoms with Crippen molar-refractivity contribution in [2.24, 2.45) is 0 Å². The van der Waals surface area contributed by atoms with E-state index < -0.39 is 5.60 Å². The summed E-state index contributed by atoms with van der Waals surface area (Å²) in [5, 5.41) is 8.29. The van der Waals surface area contributed by atoms with Crippen molar-refractivity contribution in [2.75, 3.05) is 0 Å². The van der Waals surface area contributed by atoms with Crippen LogP contribution in [0.15, 0.2) is 36.9 Å². The summed E-state index contributed by atoms with van der Waals surface area (Å²) in [6.45, 7) is 5.68. The molecule has 0 spiro atoms. The highest BCUT2D eigenvalue weighted by atomic mass is 16.6. The van der Waals surface area contributed by atoms with Gasteiger partial charge in [0, 0.05) is 17.7 Å². The van der Waals surface area contributed by atoms with Gasteiger partial charge in [0.15, 0.2) is 18.2 Å². The molecule has 0 aromatic carbocycles. The lowest BCUT2D eigenvalue weighted by atomic mass is 10.2. The number of ether oxygens (including phenoxy) is 1. The summed E-state index contributed by atoms with van der Waals surface area (Å²) in [5.41, 5.74) is 0.329. The van der Waals surface area contributed by atoms with E-state index in [9.17, 15) is 4.79 Å². The Balaban J connectivity index is 1.75. The first kappa shape index (κ1) is 15.0. The maximum Gasteiger partial charge on any atom is 0.373 e. The molecular formula is C15H17N6O2+. The monoisotopic (exact) mass is 313 g/mol. The molecule has 0 aliphatic carbocycles. The Morgan fingerprint density at radius 3 is 2.65 bits per heavy atom. The summed E-state index contributed by atoms with van der Waals surface area (Å²) in [6, 6.07) is 3.66. The molecule has 0 aliphatic heterocycles. The number of carbonyl (C=O) groups excluding carboxylic acids is 1. The van der Waals surface area contributed by atoms with Gasteiger partial charge in [-0.15, -0.1) is 9.73 Å². The van der Waals surface area contributed by atoms with E-state index in [0.29, 0.717) is 11.6 Å². The Morgan fingerprint density at radius 2 is 2.00 bits per heavy atom. The zero-order valence-electron chi connectivity index (χ0n) is 13.2. The lowest BCUT2D eigenvalue weighted by molar-refractivity contribution is -0.686. The standard InChI is InChI=1S/C15H17N6O2/c1-15(2,3)23-12(22)10-20-8-4-11(5-9-20)13-18-14-16-6-7-17-21(14)19-13/h4-9H,10H2,1-3H3/q+1. The van der Waals surface area contributed by atoms with E-state index in [1.165, 1.54) is 4.63 Å². The summed E-state index contributed by atoms with van der Waals surface area (Å²) in [7, 11) is 0. The molecular weight excluding hydrogens is 296 g/mol. The molecule has 3 rings (SSSR count). The van der Waals surface area contributed by atoms with Crippen LogP contribution in [0.5, 0.6) is 0 Å². The Kier molecular flexibility index (Phi) is 3.73. The Hall–Kier alpha value is -2.90. The van der Waals surface area contributed by atoms with Crippen molar-refractivity contribution in [3.63, 3.8) is 0 Å². The number of hydrogen-bond donors (Lipinski definition) is 0. The second-order valence-electron chi connectivity index (χ2n) is 6.01. The SMILES string of the molecule is CC(C)(C)OC(=O)C[n+]1ccc(-c2nc3nccnn3n2)cc1. The molecule has 0 radical (unpaired) electrons. The average molecular weight is 313 g/mol. The number of nitrogens with zero attached hydrogens (tertiary/aromatic N) is 6. The molecule has 0 fully saturated rings. The Bertz CT molecular complexity index is 802. The summed E-state index contributed by atoms with van der Waals surface area (Å²) in [6.07, 6.45) is 6.68. The number of fused-ring (bicyclic) bond motifs is 1. The maximum absolute atomic E-state index is 11.8. The van der Waals surface area contributed by atoms with Crippen molar-refractivity contribution in [1.29, 1.82) is 0 Å². The molecule has 8 nitrogen and oxygen atoms in total. The van der Waals surface area contributed by atoms with Crippen LogP contribution in [-0.4, -0.2) is 36.4 Å². The molecule has 0 amide bonds. The smallest absolute Gasteiger partial charge is 0.373 e. The average Bonchev–Trinajstić information content (AvgIpc) is 2.89. The zero-order valence-corrected chi connectivity index (χ0v) is 13.2. The first-order chi connectivity index (χ1) is 10.9. The van der Waals surface area contributed by atoms with E-state index in [4.69, 9.17) is 4.74 Å². The topological polar surface area (TPSA) is 86.1 Å². The van der Waals surface area contributed by atoms with Gasteiger partial charge in [-0.25, -0.2) is 9.78 Å². The lowest BCUT2D eigenvalue weighted by Gasteiger charge is -2.18. The largest absolute Gasteiger partial charge is 0.455 e. The molecule has 0 aliphatic rings. The molecule has 0 atom stereocenters. The Morgan fingerprint density at radius 1 is 1.26 bits per heavy atom. The normalized spacial score (nSPS) is 11.6. The quantitative estimate of drug-likeness (QED) is 0.525. The summed E-state index contributed by atoms with van der Waals surface area (Å²) in [5.74, 6) is 0.683. The van der Waals surface area contributed by atoms with Crippen LogP contribution < -0.4 is 4.57 Å². The van der Waals surface area contributed by atoms with Crippen LogP contribution in [0.4, 0.5) is 0 Å². The van der Waals surface area contributed by atoms with Crippen molar-refractivity contribution in [3.8, 4) is 11.4 Å². The van der Waals surface area contributed by atoms with Crippen molar-refractivity contribution < 1.29 is 14.1 Å². The van der Waals surface area contributed by atoms with Crippen LogP contribution in [0.3, 0.4) is 0 Å². The summed E-state index contributed by atoms with van der Waals surface area (Å²) in [4.78, 5) is 20.2. The molecule has 3 aromatic rings. The minimum absolute atomic E-state index is 0.152. The summed E-state index contributed by atoms with van der Waals surface area (Å²) < 4.78 is 8.40. The first-order valence-electron chi connectivity index (χ1n) is 7.16. The van der Waals surface area contributed by atoms with Crippen molar-refractivity contribution in [3.05, 3.63) is 36.9 Å². The molecule has 0 bridgehead atoms. The van der Waals surface area contributed by atoms with Gasteiger partial charge in [0.25, 0.3) is 5.78 Å². The highest BCUT2D eigenvalue weighted by molar-refractivity contribution is 5.68. The van der Waals surface area contributed by atoms with E-state index >= 15 is 0 Å². The molecule has 118 valence electrons. The highest BCUT2D eigenvalue weighted by Gasteiger charge is 2.19. The second kappa shape index (κ2) is 5.71. The second-order valence-corrected chi connectivity index (χ2v) is 6.01. The molecule has 8 heteroatoms. The predicted molar refractivity (Wildman–Crippen MR) is 80.1 cm³/mol. The third kappa shape index (κ3) is 3.65. The van der Waals surface area contributed by atoms with E-state index in [2.05, 4.69) is 20.2 Å². The van der Waals surface area contributed by atoms with Crippen molar-refractivity contribution >= 4 is 11.7 Å². The van der Waals surface area contributed by atoms with Crippen LogP contribution in [0, 0.1) is 0 Å². The molecule has 0 unspecified atom stereocenters. The first-order valence-corrected chi connectivity index (χ1v) is 7.16. The fourth-order valence-corrected chi connectivity index (χ4v) is 2.00. The van der Waals surface area contributed by atoms with E-state index in [1.54, 1.807) is 29.4 Å². The fourth-order valence-electron chi connectivity index (χ4n) is 2.00. The van der Waals surface area contributed by atoms with E-state index in [1.807, 2.05) is 32.9 Å².